The fraction of sp³-hybridized carbons (Fsp3) is 1.00. The molecule has 1 saturated carbocycles. The summed E-state index contributed by atoms with van der Waals surface area (Å²) in [7, 11) is 0. The number of hydrogen-bond donors (Lipinski definition) is 1. The third-order valence-electron chi connectivity index (χ3n) is 3.54. The van der Waals surface area contributed by atoms with E-state index in [4.69, 9.17) is 5.73 Å². The van der Waals surface area contributed by atoms with E-state index in [1.165, 1.54) is 44.6 Å². The first-order chi connectivity index (χ1) is 6.75. The maximum atomic E-state index is 6.10. The summed E-state index contributed by atoms with van der Waals surface area (Å²) in [5, 5.41) is 0.821. The minimum absolute atomic E-state index is 0.486. The summed E-state index contributed by atoms with van der Waals surface area (Å²) >= 11 is 2.11. The standard InChI is InChI=1S/C11H22N2S/c1-9-7-13(5-6-14-9)8-10-3-2-4-11(10)12/h9-11H,2-8,12H2,1H3. The summed E-state index contributed by atoms with van der Waals surface area (Å²) in [4.78, 5) is 2.62. The molecule has 0 bridgehead atoms. The average molecular weight is 214 g/mol. The van der Waals surface area contributed by atoms with Crippen LogP contribution in [0.5, 0.6) is 0 Å². The van der Waals surface area contributed by atoms with Crippen LogP contribution in [-0.4, -0.2) is 41.6 Å². The third-order valence-corrected chi connectivity index (χ3v) is 4.67. The lowest BCUT2D eigenvalue weighted by atomic mass is 10.0. The zero-order chi connectivity index (χ0) is 9.97. The van der Waals surface area contributed by atoms with Gasteiger partial charge in [0.25, 0.3) is 0 Å². The van der Waals surface area contributed by atoms with Gasteiger partial charge in [0.15, 0.2) is 0 Å². The predicted octanol–water partition coefficient (Wildman–Crippen LogP) is 1.55. The Morgan fingerprint density at radius 2 is 2.29 bits per heavy atom. The quantitative estimate of drug-likeness (QED) is 0.756. The maximum absolute atomic E-state index is 6.10. The van der Waals surface area contributed by atoms with Crippen molar-refractivity contribution < 1.29 is 0 Å². The van der Waals surface area contributed by atoms with Crippen LogP contribution in [0, 0.1) is 5.92 Å². The summed E-state index contributed by atoms with van der Waals surface area (Å²) in [5.41, 5.74) is 6.10. The Balaban J connectivity index is 1.78. The van der Waals surface area contributed by atoms with Gasteiger partial charge in [-0.15, -0.1) is 0 Å². The molecule has 0 aromatic carbocycles. The minimum Gasteiger partial charge on any atom is -0.327 e. The van der Waals surface area contributed by atoms with Crippen molar-refractivity contribution in [2.75, 3.05) is 25.4 Å². The highest BCUT2D eigenvalue weighted by molar-refractivity contribution is 7.99. The van der Waals surface area contributed by atoms with E-state index in [-0.39, 0.29) is 0 Å². The molecule has 82 valence electrons. The molecule has 2 rings (SSSR count). The number of rotatable bonds is 2. The highest BCUT2D eigenvalue weighted by Crippen LogP contribution is 2.26. The van der Waals surface area contributed by atoms with Crippen LogP contribution >= 0.6 is 11.8 Å². The molecule has 2 fully saturated rings. The smallest absolute Gasteiger partial charge is 0.0147 e. The molecule has 1 heterocycles. The first kappa shape index (κ1) is 10.8. The van der Waals surface area contributed by atoms with E-state index in [0.717, 1.165) is 11.2 Å². The SMILES string of the molecule is CC1CN(CC2CCCC2N)CCS1. The molecule has 2 aliphatic rings. The van der Waals surface area contributed by atoms with Crippen molar-refractivity contribution in [1.29, 1.82) is 0 Å². The summed E-state index contributed by atoms with van der Waals surface area (Å²) in [5.74, 6) is 2.09. The van der Waals surface area contributed by atoms with Crippen molar-refractivity contribution in [2.24, 2.45) is 11.7 Å². The van der Waals surface area contributed by atoms with Gasteiger partial charge < -0.3 is 10.6 Å². The monoisotopic (exact) mass is 214 g/mol. The molecule has 0 amide bonds. The van der Waals surface area contributed by atoms with Crippen LogP contribution in [0.1, 0.15) is 26.2 Å². The van der Waals surface area contributed by atoms with Crippen molar-refractivity contribution in [3.63, 3.8) is 0 Å². The number of thioether (sulfide) groups is 1. The Kier molecular flexibility index (Phi) is 3.74. The van der Waals surface area contributed by atoms with E-state index in [1.807, 2.05) is 0 Å². The zero-order valence-electron chi connectivity index (χ0n) is 9.11. The fourth-order valence-electron chi connectivity index (χ4n) is 2.68. The highest BCUT2D eigenvalue weighted by atomic mass is 32.2. The van der Waals surface area contributed by atoms with Gasteiger partial charge in [0.2, 0.25) is 0 Å². The van der Waals surface area contributed by atoms with Gasteiger partial charge in [-0.2, -0.15) is 11.8 Å². The topological polar surface area (TPSA) is 29.3 Å². The molecule has 3 unspecified atom stereocenters. The van der Waals surface area contributed by atoms with Gasteiger partial charge in [0.05, 0.1) is 0 Å². The van der Waals surface area contributed by atoms with E-state index in [2.05, 4.69) is 23.6 Å². The second-order valence-corrected chi connectivity index (χ2v) is 6.34. The average Bonchev–Trinajstić information content (AvgIpc) is 2.52. The molecule has 2 N–H and O–H groups in total. The summed E-state index contributed by atoms with van der Waals surface area (Å²) in [6.07, 6.45) is 3.96. The van der Waals surface area contributed by atoms with Crippen LogP contribution in [0.4, 0.5) is 0 Å². The van der Waals surface area contributed by atoms with Crippen LogP contribution < -0.4 is 5.73 Å². The van der Waals surface area contributed by atoms with Crippen LogP contribution in [0.15, 0.2) is 0 Å². The highest BCUT2D eigenvalue weighted by Gasteiger charge is 2.27. The predicted molar refractivity (Wildman–Crippen MR) is 63.7 cm³/mol. The van der Waals surface area contributed by atoms with E-state index in [0.29, 0.717) is 6.04 Å². The van der Waals surface area contributed by atoms with E-state index in [9.17, 15) is 0 Å². The second kappa shape index (κ2) is 4.86. The number of hydrogen-bond acceptors (Lipinski definition) is 3. The Hall–Kier alpha value is 0.270. The number of nitrogens with two attached hydrogens (primary N) is 1. The lowest BCUT2D eigenvalue weighted by molar-refractivity contribution is 0.232. The molecule has 0 spiro atoms. The normalized spacial score (nSPS) is 40.3. The molecular formula is C11H22N2S. The summed E-state index contributed by atoms with van der Waals surface area (Å²) in [6, 6.07) is 0.486. The largest absolute Gasteiger partial charge is 0.327 e. The molecule has 3 atom stereocenters. The van der Waals surface area contributed by atoms with Crippen molar-refractivity contribution in [3.8, 4) is 0 Å². The first-order valence-electron chi connectivity index (χ1n) is 5.85. The number of nitrogens with zero attached hydrogens (tertiary/aromatic N) is 1. The van der Waals surface area contributed by atoms with Gasteiger partial charge in [0.1, 0.15) is 0 Å². The van der Waals surface area contributed by atoms with Gasteiger partial charge in [-0.05, 0) is 18.8 Å². The van der Waals surface area contributed by atoms with Crippen LogP contribution in [0.3, 0.4) is 0 Å². The van der Waals surface area contributed by atoms with Crippen LogP contribution in [0.25, 0.3) is 0 Å². The fourth-order valence-corrected chi connectivity index (χ4v) is 3.76. The van der Waals surface area contributed by atoms with Crippen LogP contribution in [0.2, 0.25) is 0 Å². The lowest BCUT2D eigenvalue weighted by Gasteiger charge is -2.33. The van der Waals surface area contributed by atoms with Crippen molar-refractivity contribution in [2.45, 2.75) is 37.5 Å². The van der Waals surface area contributed by atoms with Gasteiger partial charge >= 0.3 is 0 Å². The van der Waals surface area contributed by atoms with E-state index >= 15 is 0 Å². The second-order valence-electron chi connectivity index (χ2n) is 4.80. The Bertz CT molecular complexity index is 186. The molecule has 2 nitrogen and oxygen atoms in total. The molecule has 1 saturated heterocycles. The molecule has 0 aromatic heterocycles. The van der Waals surface area contributed by atoms with Gasteiger partial charge in [0, 0.05) is 36.7 Å². The van der Waals surface area contributed by atoms with Gasteiger partial charge in [-0.1, -0.05) is 13.3 Å². The van der Waals surface area contributed by atoms with Gasteiger partial charge in [-0.3, -0.25) is 0 Å². The maximum Gasteiger partial charge on any atom is 0.0147 e. The Morgan fingerprint density at radius 1 is 1.43 bits per heavy atom. The third kappa shape index (κ3) is 2.65. The molecule has 0 aromatic rings. The molecule has 14 heavy (non-hydrogen) atoms. The van der Waals surface area contributed by atoms with Gasteiger partial charge in [-0.25, -0.2) is 0 Å². The van der Waals surface area contributed by atoms with E-state index in [1.54, 1.807) is 0 Å². The Morgan fingerprint density at radius 3 is 2.93 bits per heavy atom. The van der Waals surface area contributed by atoms with Crippen LogP contribution in [-0.2, 0) is 0 Å². The lowest BCUT2D eigenvalue weighted by Crippen LogP contribution is -2.42. The molecule has 3 heteroatoms. The Labute approximate surface area is 91.6 Å². The molecule has 1 aliphatic carbocycles. The first-order valence-corrected chi connectivity index (χ1v) is 6.90. The molecule has 1 aliphatic heterocycles. The minimum atomic E-state index is 0.486. The molecular weight excluding hydrogens is 192 g/mol. The van der Waals surface area contributed by atoms with Crippen molar-refractivity contribution in [3.05, 3.63) is 0 Å². The van der Waals surface area contributed by atoms with Crippen molar-refractivity contribution in [1.82, 2.24) is 4.90 Å². The summed E-state index contributed by atoms with van der Waals surface area (Å²) < 4.78 is 0. The van der Waals surface area contributed by atoms with Crippen molar-refractivity contribution >= 4 is 11.8 Å². The molecule has 0 radical (unpaired) electrons. The zero-order valence-corrected chi connectivity index (χ0v) is 9.93. The summed E-state index contributed by atoms with van der Waals surface area (Å²) in [6.45, 7) is 6.14. The van der Waals surface area contributed by atoms with E-state index < -0.39 is 0 Å².